The molecule has 3 aromatic carbocycles. The van der Waals surface area contributed by atoms with Crippen LogP contribution in [0, 0.1) is 5.82 Å². The Morgan fingerprint density at radius 2 is 1.71 bits per heavy atom. The predicted molar refractivity (Wildman–Crippen MR) is 117 cm³/mol. The van der Waals surface area contributed by atoms with Crippen LogP contribution in [0.4, 0.5) is 45.4 Å². The molecule has 0 atom stereocenters. The summed E-state index contributed by atoms with van der Waals surface area (Å²) in [6.45, 7) is 0. The van der Waals surface area contributed by atoms with Crippen LogP contribution in [0.2, 0.25) is 0 Å². The van der Waals surface area contributed by atoms with Gasteiger partial charge in [-0.15, -0.1) is 0 Å². The third-order valence-corrected chi connectivity index (χ3v) is 4.41. The van der Waals surface area contributed by atoms with Crippen LogP contribution in [0.15, 0.2) is 83.6 Å². The molecule has 3 N–H and O–H groups in total. The van der Waals surface area contributed by atoms with Gasteiger partial charge in [0.05, 0.1) is 17.4 Å². The molecule has 1 heterocycles. The summed E-state index contributed by atoms with van der Waals surface area (Å²) < 4.78 is 63.2. The molecule has 0 bridgehead atoms. The lowest BCUT2D eigenvalue weighted by atomic mass is 10.2. The number of nitrogens with zero attached hydrogens (tertiary/aromatic N) is 1. The Morgan fingerprint density at radius 3 is 2.41 bits per heavy atom. The molecule has 34 heavy (non-hydrogen) atoms. The molecule has 4 aromatic rings. The molecule has 0 aliphatic carbocycles. The van der Waals surface area contributed by atoms with Crippen molar-refractivity contribution in [1.29, 1.82) is 0 Å². The number of carbonyl (C=O) groups is 1. The Kier molecular flexibility index (Phi) is 6.35. The van der Waals surface area contributed by atoms with Crippen molar-refractivity contribution in [2.24, 2.45) is 0 Å². The Labute approximate surface area is 190 Å². The number of rotatable bonds is 6. The molecule has 7 nitrogen and oxygen atoms in total. The number of urea groups is 1. The summed E-state index contributed by atoms with van der Waals surface area (Å²) in [5, 5.41) is 7.47. The Balaban J connectivity index is 1.37. The number of hydrogen-bond donors (Lipinski definition) is 3. The highest BCUT2D eigenvalue weighted by Crippen LogP contribution is 2.32. The fourth-order valence-corrected chi connectivity index (χ4v) is 2.87. The van der Waals surface area contributed by atoms with Gasteiger partial charge in [0.15, 0.2) is 0 Å². The number of nitrogens with one attached hydrogen (secondary N) is 3. The minimum atomic E-state index is -4.67. The number of ether oxygens (including phenoxy) is 1. The van der Waals surface area contributed by atoms with E-state index < -0.39 is 29.3 Å². The summed E-state index contributed by atoms with van der Waals surface area (Å²) in [6.07, 6.45) is -1.72. The Morgan fingerprint density at radius 1 is 0.912 bits per heavy atom. The second kappa shape index (κ2) is 9.53. The number of aromatic nitrogens is 1. The van der Waals surface area contributed by atoms with E-state index in [1.807, 2.05) is 0 Å². The van der Waals surface area contributed by atoms with Gasteiger partial charge in [0.2, 0.25) is 0 Å². The van der Waals surface area contributed by atoms with E-state index in [-0.39, 0.29) is 0 Å². The smallest absolute Gasteiger partial charge is 0.416 e. The first kappa shape index (κ1) is 22.6. The Hall–Kier alpha value is -4.54. The summed E-state index contributed by atoms with van der Waals surface area (Å²) in [6, 6.07) is 14.4. The van der Waals surface area contributed by atoms with Crippen molar-refractivity contribution in [3.05, 3.63) is 90.6 Å². The molecule has 0 radical (unpaired) electrons. The van der Waals surface area contributed by atoms with Crippen LogP contribution < -0.4 is 20.7 Å². The summed E-state index contributed by atoms with van der Waals surface area (Å²) >= 11 is 0. The van der Waals surface area contributed by atoms with E-state index in [0.717, 1.165) is 0 Å². The minimum absolute atomic E-state index is 0.316. The fraction of sp³-hybridized carbons (Fsp3) is 0.0435. The summed E-state index contributed by atoms with van der Waals surface area (Å²) in [5.41, 5.74) is -0.663. The third-order valence-electron chi connectivity index (χ3n) is 4.41. The van der Waals surface area contributed by atoms with Crippen molar-refractivity contribution < 1.29 is 31.5 Å². The average molecular weight is 472 g/mol. The largest absolute Gasteiger partial charge is 0.457 e. The number of amides is 2. The van der Waals surface area contributed by atoms with Crippen LogP contribution in [0.1, 0.15) is 5.56 Å². The SMILES string of the molecule is O=C(Nc1ccc(Oc2cccc(Nc3ncco3)c2)cc1)Nc1cc(C(F)(F)F)ccc1F. The highest BCUT2D eigenvalue weighted by atomic mass is 19.4. The highest BCUT2D eigenvalue weighted by molar-refractivity contribution is 5.99. The minimum Gasteiger partial charge on any atom is -0.457 e. The molecule has 0 aliphatic heterocycles. The van der Waals surface area contributed by atoms with Crippen molar-refractivity contribution in [2.45, 2.75) is 6.18 Å². The summed E-state index contributed by atoms with van der Waals surface area (Å²) in [7, 11) is 0. The lowest BCUT2D eigenvalue weighted by Crippen LogP contribution is -2.20. The maximum Gasteiger partial charge on any atom is 0.416 e. The van der Waals surface area contributed by atoms with E-state index in [1.54, 1.807) is 36.4 Å². The second-order valence-corrected chi connectivity index (χ2v) is 6.89. The quantitative estimate of drug-likeness (QED) is 0.263. The van der Waals surface area contributed by atoms with Gasteiger partial charge in [0.25, 0.3) is 6.01 Å². The molecule has 11 heteroatoms. The lowest BCUT2D eigenvalue weighted by Gasteiger charge is -2.12. The van der Waals surface area contributed by atoms with Gasteiger partial charge in [0, 0.05) is 17.4 Å². The number of anilines is 4. The number of benzene rings is 3. The van der Waals surface area contributed by atoms with Crippen molar-refractivity contribution in [2.75, 3.05) is 16.0 Å². The van der Waals surface area contributed by atoms with Crippen molar-refractivity contribution in [3.63, 3.8) is 0 Å². The van der Waals surface area contributed by atoms with Crippen LogP contribution in [-0.4, -0.2) is 11.0 Å². The third kappa shape index (κ3) is 5.82. The molecular weight excluding hydrogens is 456 g/mol. The van der Waals surface area contributed by atoms with Crippen molar-refractivity contribution in [3.8, 4) is 11.5 Å². The normalized spacial score (nSPS) is 11.1. The van der Waals surface area contributed by atoms with Gasteiger partial charge in [-0.1, -0.05) is 6.07 Å². The zero-order chi connectivity index (χ0) is 24.1. The average Bonchev–Trinajstić information content (AvgIpc) is 3.29. The van der Waals surface area contributed by atoms with Gasteiger partial charge in [0.1, 0.15) is 23.6 Å². The first-order chi connectivity index (χ1) is 16.3. The number of alkyl halides is 3. The Bertz CT molecular complexity index is 1280. The molecule has 4 rings (SSSR count). The van der Waals surface area contributed by atoms with Crippen LogP contribution >= 0.6 is 0 Å². The van der Waals surface area contributed by atoms with Crippen LogP contribution in [0.25, 0.3) is 0 Å². The van der Waals surface area contributed by atoms with E-state index in [2.05, 4.69) is 20.9 Å². The summed E-state index contributed by atoms with van der Waals surface area (Å²) in [5.74, 6) is -0.00960. The van der Waals surface area contributed by atoms with Crippen molar-refractivity contribution in [1.82, 2.24) is 4.98 Å². The van der Waals surface area contributed by atoms with E-state index >= 15 is 0 Å². The van der Waals surface area contributed by atoms with Crippen LogP contribution in [0.3, 0.4) is 0 Å². The molecule has 0 unspecified atom stereocenters. The summed E-state index contributed by atoms with van der Waals surface area (Å²) in [4.78, 5) is 16.1. The molecular formula is C23H16F4N4O3. The number of halogens is 4. The molecule has 0 spiro atoms. The van der Waals surface area contributed by atoms with Gasteiger partial charge in [-0.2, -0.15) is 13.2 Å². The molecule has 0 saturated carbocycles. The standard InChI is InChI=1S/C23H16F4N4O3/c24-19-9-4-14(23(25,26)27)12-20(19)31-21(32)29-15-5-7-17(8-6-15)34-18-3-1-2-16(13-18)30-22-28-10-11-33-22/h1-13H,(H,28,30)(H2,29,31,32). The van der Waals surface area contributed by atoms with Gasteiger partial charge < -0.3 is 25.1 Å². The molecule has 2 amide bonds. The lowest BCUT2D eigenvalue weighted by molar-refractivity contribution is -0.137. The number of carbonyl (C=O) groups excluding carboxylic acids is 1. The molecule has 174 valence electrons. The molecule has 0 saturated heterocycles. The van der Waals surface area contributed by atoms with Crippen LogP contribution in [-0.2, 0) is 6.18 Å². The zero-order valence-electron chi connectivity index (χ0n) is 17.2. The topological polar surface area (TPSA) is 88.4 Å². The molecule has 0 fully saturated rings. The van der Waals surface area contributed by atoms with E-state index in [0.29, 0.717) is 47.1 Å². The molecule has 1 aromatic heterocycles. The van der Waals surface area contributed by atoms with E-state index in [4.69, 9.17) is 9.15 Å². The first-order valence-corrected chi connectivity index (χ1v) is 9.75. The van der Waals surface area contributed by atoms with E-state index in [1.165, 1.54) is 24.6 Å². The number of hydrogen-bond acceptors (Lipinski definition) is 5. The van der Waals surface area contributed by atoms with Crippen molar-refractivity contribution >= 4 is 29.1 Å². The second-order valence-electron chi connectivity index (χ2n) is 6.89. The fourth-order valence-electron chi connectivity index (χ4n) is 2.87. The van der Waals surface area contributed by atoms with Gasteiger partial charge in [-0.3, -0.25) is 0 Å². The predicted octanol–water partition coefficient (Wildman–Crippen LogP) is 7.01. The maximum atomic E-state index is 13.8. The number of oxazole rings is 1. The van der Waals surface area contributed by atoms with E-state index in [9.17, 15) is 22.4 Å². The zero-order valence-corrected chi connectivity index (χ0v) is 17.2. The molecule has 0 aliphatic rings. The first-order valence-electron chi connectivity index (χ1n) is 9.75. The van der Waals surface area contributed by atoms with Crippen LogP contribution in [0.5, 0.6) is 11.5 Å². The van der Waals surface area contributed by atoms with Gasteiger partial charge >= 0.3 is 12.2 Å². The van der Waals surface area contributed by atoms with Gasteiger partial charge in [-0.05, 0) is 54.6 Å². The highest BCUT2D eigenvalue weighted by Gasteiger charge is 2.31. The maximum absolute atomic E-state index is 13.8. The monoisotopic (exact) mass is 472 g/mol. The van der Waals surface area contributed by atoms with Gasteiger partial charge in [-0.25, -0.2) is 14.2 Å².